The molecular formula is C24H30N4O3. The molecule has 1 saturated heterocycles. The number of aromatic nitrogens is 2. The van der Waals surface area contributed by atoms with Crippen molar-refractivity contribution in [3.05, 3.63) is 53.9 Å². The largest absolute Gasteiger partial charge is 0.497 e. The molecule has 1 aliphatic rings. The number of likely N-dealkylation sites (tertiary alicyclic amines) is 1. The van der Waals surface area contributed by atoms with E-state index in [1.165, 1.54) is 0 Å². The number of amides is 2. The predicted molar refractivity (Wildman–Crippen MR) is 120 cm³/mol. The highest BCUT2D eigenvalue weighted by Gasteiger charge is 2.29. The lowest BCUT2D eigenvalue weighted by molar-refractivity contribution is -0.126. The van der Waals surface area contributed by atoms with Gasteiger partial charge in [0.1, 0.15) is 11.4 Å². The molecule has 7 nitrogen and oxygen atoms in total. The molecule has 1 aliphatic heterocycles. The normalized spacial score (nSPS) is 14.7. The minimum absolute atomic E-state index is 0.00343. The number of fused-ring (bicyclic) bond motifs is 1. The Balaban J connectivity index is 1.50. The number of hydrogen-bond acceptors (Lipinski definition) is 3. The van der Waals surface area contributed by atoms with E-state index in [-0.39, 0.29) is 17.7 Å². The van der Waals surface area contributed by atoms with Gasteiger partial charge < -0.3 is 24.5 Å². The Morgan fingerprint density at radius 2 is 1.90 bits per heavy atom. The fourth-order valence-corrected chi connectivity index (χ4v) is 4.23. The van der Waals surface area contributed by atoms with Crippen molar-refractivity contribution in [2.24, 2.45) is 5.92 Å². The number of H-pyrrole nitrogens is 1. The molecule has 2 N–H and O–H groups in total. The molecule has 164 valence electrons. The summed E-state index contributed by atoms with van der Waals surface area (Å²) in [5.74, 6) is 0.942. The van der Waals surface area contributed by atoms with Crippen LogP contribution in [-0.2, 0) is 11.3 Å². The third kappa shape index (κ3) is 4.45. The van der Waals surface area contributed by atoms with Crippen LogP contribution in [-0.4, -0.2) is 53.0 Å². The Morgan fingerprint density at radius 3 is 2.58 bits per heavy atom. The maximum atomic E-state index is 13.4. The number of rotatable bonds is 7. The average Bonchev–Trinajstić information content (AvgIpc) is 3.40. The van der Waals surface area contributed by atoms with Gasteiger partial charge in [-0.25, -0.2) is 0 Å². The summed E-state index contributed by atoms with van der Waals surface area (Å²) in [6.07, 6.45) is 4.24. The highest BCUT2D eigenvalue weighted by atomic mass is 16.5. The van der Waals surface area contributed by atoms with E-state index in [2.05, 4.69) is 14.9 Å². The second kappa shape index (κ2) is 9.29. The van der Waals surface area contributed by atoms with Crippen molar-refractivity contribution < 1.29 is 14.3 Å². The number of aromatic amines is 1. The molecule has 2 aromatic heterocycles. The Hall–Kier alpha value is -3.22. The summed E-state index contributed by atoms with van der Waals surface area (Å²) in [7, 11) is 1.65. The van der Waals surface area contributed by atoms with Gasteiger partial charge in [0.05, 0.1) is 18.1 Å². The second-order valence-corrected chi connectivity index (χ2v) is 8.10. The fourth-order valence-electron chi connectivity index (χ4n) is 4.23. The van der Waals surface area contributed by atoms with E-state index in [0.29, 0.717) is 44.7 Å². The van der Waals surface area contributed by atoms with Gasteiger partial charge >= 0.3 is 0 Å². The first-order chi connectivity index (χ1) is 15.1. The molecule has 3 aromatic rings. The maximum Gasteiger partial charge on any atom is 0.270 e. The Kier molecular flexibility index (Phi) is 6.30. The number of benzene rings is 1. The Bertz CT molecular complexity index is 1040. The summed E-state index contributed by atoms with van der Waals surface area (Å²) >= 11 is 0. The van der Waals surface area contributed by atoms with Gasteiger partial charge in [-0.1, -0.05) is 19.1 Å². The molecule has 31 heavy (non-hydrogen) atoms. The van der Waals surface area contributed by atoms with Crippen LogP contribution >= 0.6 is 0 Å². The van der Waals surface area contributed by atoms with Crippen LogP contribution in [0.1, 0.15) is 42.2 Å². The Labute approximate surface area is 182 Å². The van der Waals surface area contributed by atoms with Crippen LogP contribution in [0.25, 0.3) is 11.0 Å². The third-order valence-corrected chi connectivity index (χ3v) is 6.04. The highest BCUT2D eigenvalue weighted by Crippen LogP contribution is 2.25. The molecule has 0 aliphatic carbocycles. The van der Waals surface area contributed by atoms with E-state index in [4.69, 9.17) is 4.74 Å². The van der Waals surface area contributed by atoms with Crippen molar-refractivity contribution in [3.63, 3.8) is 0 Å². The molecule has 0 bridgehead atoms. The molecule has 3 heterocycles. The van der Waals surface area contributed by atoms with E-state index in [1.807, 2.05) is 54.4 Å². The highest BCUT2D eigenvalue weighted by molar-refractivity contribution is 5.98. The topological polar surface area (TPSA) is 79.4 Å². The molecule has 7 heteroatoms. The smallest absolute Gasteiger partial charge is 0.270 e. The SMILES string of the molecule is CCCNC(=O)C1CCN(C(=O)c2cc3[nH]ccc3n2Cc2ccc(OC)cc2)CC1. The minimum Gasteiger partial charge on any atom is -0.497 e. The molecule has 0 spiro atoms. The van der Waals surface area contributed by atoms with E-state index in [1.54, 1.807) is 7.11 Å². The first-order valence-corrected chi connectivity index (χ1v) is 11.0. The van der Waals surface area contributed by atoms with Gasteiger partial charge in [-0.15, -0.1) is 0 Å². The number of hydrogen-bond donors (Lipinski definition) is 2. The minimum atomic E-state index is -0.00343. The van der Waals surface area contributed by atoms with Crippen LogP contribution in [0.15, 0.2) is 42.6 Å². The first-order valence-electron chi connectivity index (χ1n) is 11.0. The lowest BCUT2D eigenvalue weighted by Crippen LogP contribution is -2.43. The van der Waals surface area contributed by atoms with Crippen LogP contribution in [0, 0.1) is 5.92 Å². The van der Waals surface area contributed by atoms with E-state index in [9.17, 15) is 9.59 Å². The Morgan fingerprint density at radius 1 is 1.16 bits per heavy atom. The van der Waals surface area contributed by atoms with Crippen LogP contribution in [0.3, 0.4) is 0 Å². The van der Waals surface area contributed by atoms with Crippen molar-refractivity contribution in [1.82, 2.24) is 19.8 Å². The molecule has 0 unspecified atom stereocenters. The van der Waals surface area contributed by atoms with Crippen molar-refractivity contribution in [3.8, 4) is 5.75 Å². The predicted octanol–water partition coefficient (Wildman–Crippen LogP) is 3.40. The summed E-state index contributed by atoms with van der Waals surface area (Å²) in [5.41, 5.74) is 3.73. The molecule has 0 atom stereocenters. The average molecular weight is 423 g/mol. The van der Waals surface area contributed by atoms with Crippen LogP contribution in [0.5, 0.6) is 5.75 Å². The van der Waals surface area contributed by atoms with Crippen molar-refractivity contribution in [2.45, 2.75) is 32.7 Å². The summed E-state index contributed by atoms with van der Waals surface area (Å²) in [6.45, 7) is 4.56. The number of carbonyl (C=O) groups excluding carboxylic acids is 2. The first kappa shape index (κ1) is 21.0. The summed E-state index contributed by atoms with van der Waals surface area (Å²) < 4.78 is 7.32. The quantitative estimate of drug-likeness (QED) is 0.612. The van der Waals surface area contributed by atoms with Crippen molar-refractivity contribution >= 4 is 22.8 Å². The zero-order valence-corrected chi connectivity index (χ0v) is 18.2. The molecular weight excluding hydrogens is 392 g/mol. The third-order valence-electron chi connectivity index (χ3n) is 6.04. The van der Waals surface area contributed by atoms with Gasteiger partial charge in [0.25, 0.3) is 5.91 Å². The van der Waals surface area contributed by atoms with Gasteiger partial charge in [0.15, 0.2) is 0 Å². The second-order valence-electron chi connectivity index (χ2n) is 8.10. The molecule has 1 aromatic carbocycles. The number of ether oxygens (including phenoxy) is 1. The zero-order chi connectivity index (χ0) is 21.8. The number of methoxy groups -OCH3 is 1. The number of nitrogens with one attached hydrogen (secondary N) is 2. The summed E-state index contributed by atoms with van der Waals surface area (Å²) in [5, 5.41) is 2.98. The van der Waals surface area contributed by atoms with Crippen LogP contribution < -0.4 is 10.1 Å². The monoisotopic (exact) mass is 422 g/mol. The van der Waals surface area contributed by atoms with Crippen LogP contribution in [0.2, 0.25) is 0 Å². The van der Waals surface area contributed by atoms with Crippen molar-refractivity contribution in [1.29, 1.82) is 0 Å². The van der Waals surface area contributed by atoms with E-state index >= 15 is 0 Å². The standard InChI is InChI=1S/C24H30N4O3/c1-3-11-26-23(29)18-9-13-27(14-10-18)24(30)22-15-20-21(8-12-25-20)28(22)16-17-4-6-19(31-2)7-5-17/h4-8,12,15,18,25H,3,9-11,13-14,16H2,1-2H3,(H,26,29). The lowest BCUT2D eigenvalue weighted by atomic mass is 9.95. The van der Waals surface area contributed by atoms with Gasteiger partial charge in [-0.05, 0) is 49.1 Å². The molecule has 2 amide bonds. The van der Waals surface area contributed by atoms with Gasteiger partial charge in [-0.3, -0.25) is 9.59 Å². The van der Waals surface area contributed by atoms with Gasteiger partial charge in [0.2, 0.25) is 5.91 Å². The van der Waals surface area contributed by atoms with Crippen LogP contribution in [0.4, 0.5) is 0 Å². The summed E-state index contributed by atoms with van der Waals surface area (Å²) in [6, 6.07) is 11.8. The van der Waals surface area contributed by atoms with Gasteiger partial charge in [0, 0.05) is 38.3 Å². The lowest BCUT2D eigenvalue weighted by Gasteiger charge is -2.31. The number of carbonyl (C=O) groups is 2. The van der Waals surface area contributed by atoms with Crippen molar-refractivity contribution in [2.75, 3.05) is 26.7 Å². The fraction of sp³-hybridized carbons (Fsp3) is 0.417. The maximum absolute atomic E-state index is 13.4. The number of piperidine rings is 1. The molecule has 4 rings (SSSR count). The van der Waals surface area contributed by atoms with E-state index < -0.39 is 0 Å². The zero-order valence-electron chi connectivity index (χ0n) is 18.2. The molecule has 0 radical (unpaired) electrons. The summed E-state index contributed by atoms with van der Waals surface area (Å²) in [4.78, 5) is 30.8. The molecule has 0 saturated carbocycles. The number of nitrogens with zero attached hydrogens (tertiary/aromatic N) is 2. The van der Waals surface area contributed by atoms with Gasteiger partial charge in [-0.2, -0.15) is 0 Å². The van der Waals surface area contributed by atoms with E-state index in [0.717, 1.165) is 28.8 Å². The molecule has 1 fully saturated rings.